The number of fused-ring (bicyclic) bond motifs is 2. The zero-order valence-electron chi connectivity index (χ0n) is 17.1. The van der Waals surface area contributed by atoms with Crippen LogP contribution in [0.3, 0.4) is 0 Å². The molecule has 1 aliphatic carbocycles. The number of dihydropyridines is 1. The van der Waals surface area contributed by atoms with E-state index in [2.05, 4.69) is 56.7 Å². The Hall–Kier alpha value is -2.56. The number of rotatable bonds is 5. The maximum absolute atomic E-state index is 6.43. The van der Waals surface area contributed by atoms with Crippen LogP contribution in [0.5, 0.6) is 0 Å². The van der Waals surface area contributed by atoms with Crippen molar-refractivity contribution in [2.24, 2.45) is 5.92 Å². The first-order valence-corrected chi connectivity index (χ1v) is 11.2. The molecule has 0 radical (unpaired) electrons. The number of hydrogen-bond acceptors (Lipinski definition) is 3. The molecule has 0 bridgehead atoms. The number of allylic oxidation sites excluding steroid dienone is 4. The molecule has 0 unspecified atom stereocenters. The van der Waals surface area contributed by atoms with E-state index in [1.807, 2.05) is 24.8 Å². The van der Waals surface area contributed by atoms with Gasteiger partial charge in [-0.3, -0.25) is 0 Å². The van der Waals surface area contributed by atoms with Gasteiger partial charge >= 0.3 is 0 Å². The number of aryl methyl sites for hydroxylation is 1. The Morgan fingerprint density at radius 2 is 2.10 bits per heavy atom. The highest BCUT2D eigenvalue weighted by molar-refractivity contribution is 6.30. The minimum atomic E-state index is 0.544. The lowest BCUT2D eigenvalue weighted by molar-refractivity contribution is 0.445. The second-order valence-corrected chi connectivity index (χ2v) is 8.64. The van der Waals surface area contributed by atoms with E-state index in [0.717, 1.165) is 50.3 Å². The van der Waals surface area contributed by atoms with Gasteiger partial charge < -0.3 is 15.2 Å². The molecular formula is C25H27ClN4. The average Bonchev–Trinajstić information content (AvgIpc) is 3.25. The highest BCUT2D eigenvalue weighted by Crippen LogP contribution is 2.43. The SMILES string of the molecule is Clc1ccc2c(c1)C=C(CCCn1ccnc1)C1=CC=CNC1=C2C1CCNCC1. The smallest absolute Gasteiger partial charge is 0.0945 e. The second kappa shape index (κ2) is 8.66. The zero-order valence-corrected chi connectivity index (χ0v) is 17.8. The summed E-state index contributed by atoms with van der Waals surface area (Å²) >= 11 is 6.43. The molecule has 1 aromatic carbocycles. The summed E-state index contributed by atoms with van der Waals surface area (Å²) in [4.78, 5) is 4.16. The summed E-state index contributed by atoms with van der Waals surface area (Å²) in [6, 6.07) is 6.37. The quantitative estimate of drug-likeness (QED) is 0.704. The standard InChI is InChI=1S/C25H27ClN4/c26-21-5-6-22-20(16-21)15-19(3-2-13-30-14-12-28-17-30)23-4-1-9-29-25(23)24(22)18-7-10-27-11-8-18/h1,4-6,9,12,14-18,27,29H,2-3,7-8,10-11,13H2. The topological polar surface area (TPSA) is 41.9 Å². The Bertz CT molecular complexity index is 1040. The lowest BCUT2D eigenvalue weighted by Gasteiger charge is -2.29. The largest absolute Gasteiger partial charge is 0.361 e. The van der Waals surface area contributed by atoms with Gasteiger partial charge in [-0.15, -0.1) is 0 Å². The third-order valence-electron chi connectivity index (χ3n) is 6.27. The molecule has 3 heterocycles. The predicted octanol–water partition coefficient (Wildman–Crippen LogP) is 5.17. The van der Waals surface area contributed by atoms with Crippen LogP contribution in [-0.2, 0) is 6.54 Å². The summed E-state index contributed by atoms with van der Waals surface area (Å²) in [5.74, 6) is 0.544. The molecule has 0 spiro atoms. The first-order valence-electron chi connectivity index (χ1n) is 10.8. The second-order valence-electron chi connectivity index (χ2n) is 8.20. The fourth-order valence-electron chi connectivity index (χ4n) is 4.84. The number of nitrogens with zero attached hydrogens (tertiary/aromatic N) is 2. The molecular weight excluding hydrogens is 392 g/mol. The first kappa shape index (κ1) is 19.4. The number of hydrogen-bond donors (Lipinski definition) is 2. The molecule has 2 aliphatic heterocycles. The van der Waals surface area contributed by atoms with Crippen molar-refractivity contribution in [2.75, 3.05) is 13.1 Å². The van der Waals surface area contributed by atoms with E-state index < -0.39 is 0 Å². The Labute approximate surface area is 183 Å². The maximum Gasteiger partial charge on any atom is 0.0945 e. The zero-order chi connectivity index (χ0) is 20.3. The summed E-state index contributed by atoms with van der Waals surface area (Å²) in [6.45, 7) is 3.12. The van der Waals surface area contributed by atoms with Gasteiger partial charge in [0.1, 0.15) is 0 Å². The van der Waals surface area contributed by atoms with Gasteiger partial charge in [-0.25, -0.2) is 4.98 Å². The maximum atomic E-state index is 6.43. The summed E-state index contributed by atoms with van der Waals surface area (Å²) < 4.78 is 2.15. The monoisotopic (exact) mass is 418 g/mol. The van der Waals surface area contributed by atoms with E-state index in [0.29, 0.717) is 5.92 Å². The van der Waals surface area contributed by atoms with Crippen LogP contribution in [-0.4, -0.2) is 22.6 Å². The first-order chi connectivity index (χ1) is 14.8. The van der Waals surface area contributed by atoms with Gasteiger partial charge in [-0.2, -0.15) is 0 Å². The van der Waals surface area contributed by atoms with Gasteiger partial charge in [0.15, 0.2) is 0 Å². The number of aromatic nitrogens is 2. The number of piperidine rings is 1. The van der Waals surface area contributed by atoms with Gasteiger partial charge in [-0.1, -0.05) is 29.8 Å². The Morgan fingerprint density at radius 1 is 1.20 bits per heavy atom. The van der Waals surface area contributed by atoms with E-state index in [1.165, 1.54) is 33.5 Å². The molecule has 1 saturated heterocycles. The highest BCUT2D eigenvalue weighted by Gasteiger charge is 2.29. The van der Waals surface area contributed by atoms with Gasteiger partial charge in [0, 0.05) is 41.4 Å². The van der Waals surface area contributed by atoms with Crippen molar-refractivity contribution in [3.05, 3.63) is 88.3 Å². The molecule has 0 saturated carbocycles. The van der Waals surface area contributed by atoms with Crippen LogP contribution in [0.1, 0.15) is 36.8 Å². The molecule has 0 amide bonds. The molecule has 1 aromatic heterocycles. The van der Waals surface area contributed by atoms with E-state index >= 15 is 0 Å². The van der Waals surface area contributed by atoms with Gasteiger partial charge in [0.05, 0.1) is 6.33 Å². The molecule has 0 atom stereocenters. The lowest BCUT2D eigenvalue weighted by Crippen LogP contribution is -2.30. The molecule has 1 fully saturated rings. The molecule has 4 nitrogen and oxygen atoms in total. The summed E-state index contributed by atoms with van der Waals surface area (Å²) in [7, 11) is 0. The molecule has 2 N–H and O–H groups in total. The van der Waals surface area contributed by atoms with Crippen LogP contribution >= 0.6 is 11.6 Å². The Kier molecular flexibility index (Phi) is 5.60. The fourth-order valence-corrected chi connectivity index (χ4v) is 5.02. The summed E-state index contributed by atoms with van der Waals surface area (Å²) in [6.07, 6.45) is 19.0. The molecule has 5 heteroatoms. The lowest BCUT2D eigenvalue weighted by atomic mass is 9.82. The van der Waals surface area contributed by atoms with E-state index in [-0.39, 0.29) is 0 Å². The highest BCUT2D eigenvalue weighted by atomic mass is 35.5. The molecule has 5 rings (SSSR count). The van der Waals surface area contributed by atoms with Crippen molar-refractivity contribution in [3.63, 3.8) is 0 Å². The molecule has 30 heavy (non-hydrogen) atoms. The van der Waals surface area contributed by atoms with Gasteiger partial charge in [-0.05, 0) is 85.2 Å². The Balaban J connectivity index is 1.56. The van der Waals surface area contributed by atoms with Crippen LogP contribution in [0.25, 0.3) is 11.6 Å². The third kappa shape index (κ3) is 3.90. The van der Waals surface area contributed by atoms with Gasteiger partial charge in [0.25, 0.3) is 0 Å². The number of nitrogens with one attached hydrogen (secondary N) is 2. The number of benzene rings is 1. The Morgan fingerprint density at radius 3 is 2.93 bits per heavy atom. The van der Waals surface area contributed by atoms with Crippen molar-refractivity contribution in [1.29, 1.82) is 0 Å². The molecule has 2 aromatic rings. The van der Waals surface area contributed by atoms with Gasteiger partial charge in [0.2, 0.25) is 0 Å². The van der Waals surface area contributed by atoms with E-state index in [4.69, 9.17) is 11.6 Å². The summed E-state index contributed by atoms with van der Waals surface area (Å²) in [5.41, 5.74) is 7.97. The number of imidazole rings is 1. The number of halogens is 1. The van der Waals surface area contributed by atoms with E-state index in [9.17, 15) is 0 Å². The molecule has 154 valence electrons. The van der Waals surface area contributed by atoms with Crippen LogP contribution in [0.2, 0.25) is 5.02 Å². The third-order valence-corrected chi connectivity index (χ3v) is 6.51. The van der Waals surface area contributed by atoms with Crippen LogP contribution < -0.4 is 10.6 Å². The minimum Gasteiger partial charge on any atom is -0.361 e. The molecule has 3 aliphatic rings. The van der Waals surface area contributed by atoms with Crippen LogP contribution in [0.4, 0.5) is 0 Å². The van der Waals surface area contributed by atoms with Crippen molar-refractivity contribution < 1.29 is 0 Å². The van der Waals surface area contributed by atoms with Crippen molar-refractivity contribution in [2.45, 2.75) is 32.2 Å². The average molecular weight is 419 g/mol. The minimum absolute atomic E-state index is 0.544. The summed E-state index contributed by atoms with van der Waals surface area (Å²) in [5, 5.41) is 7.92. The van der Waals surface area contributed by atoms with Crippen molar-refractivity contribution in [1.82, 2.24) is 20.2 Å². The van der Waals surface area contributed by atoms with Crippen molar-refractivity contribution in [3.8, 4) is 0 Å². The predicted molar refractivity (Wildman–Crippen MR) is 124 cm³/mol. The van der Waals surface area contributed by atoms with Crippen molar-refractivity contribution >= 4 is 23.3 Å². The normalized spacial score (nSPS) is 18.8. The van der Waals surface area contributed by atoms with E-state index in [1.54, 1.807) is 0 Å². The fraction of sp³-hybridized carbons (Fsp3) is 0.320. The van der Waals surface area contributed by atoms with Crippen LogP contribution in [0, 0.1) is 5.92 Å². The van der Waals surface area contributed by atoms with Crippen LogP contribution in [0.15, 0.2) is 72.1 Å².